The molecule has 4 unspecified atom stereocenters. The van der Waals surface area contributed by atoms with Crippen molar-refractivity contribution in [1.29, 1.82) is 0 Å². The number of benzene rings is 1. The van der Waals surface area contributed by atoms with Crippen LogP contribution in [0.3, 0.4) is 0 Å². The molecule has 0 bridgehead atoms. The molecule has 104 valence electrons. The van der Waals surface area contributed by atoms with Crippen LogP contribution in [-0.2, 0) is 0 Å². The molecular formula is C17H24ClN. The number of nitrogens with two attached hydrogens (primary N) is 1. The SMILES string of the molecule is NC(c1cccc(Cl)c1)C1CCC2CCCCC2C1. The van der Waals surface area contributed by atoms with Crippen LogP contribution in [-0.4, -0.2) is 0 Å². The van der Waals surface area contributed by atoms with Crippen molar-refractivity contribution in [2.45, 2.75) is 51.0 Å². The van der Waals surface area contributed by atoms with E-state index in [2.05, 4.69) is 6.07 Å². The summed E-state index contributed by atoms with van der Waals surface area (Å²) in [6, 6.07) is 8.28. The molecule has 0 amide bonds. The van der Waals surface area contributed by atoms with Crippen LogP contribution >= 0.6 is 11.6 Å². The van der Waals surface area contributed by atoms with Gasteiger partial charge < -0.3 is 5.73 Å². The van der Waals surface area contributed by atoms with Crippen LogP contribution in [0.4, 0.5) is 0 Å². The summed E-state index contributed by atoms with van der Waals surface area (Å²) < 4.78 is 0. The molecule has 0 saturated heterocycles. The molecule has 2 fully saturated rings. The molecule has 1 nitrogen and oxygen atoms in total. The lowest BCUT2D eigenvalue weighted by molar-refractivity contribution is 0.117. The van der Waals surface area contributed by atoms with E-state index in [0.29, 0.717) is 5.92 Å². The predicted molar refractivity (Wildman–Crippen MR) is 81.2 cm³/mol. The third kappa shape index (κ3) is 2.98. The van der Waals surface area contributed by atoms with Gasteiger partial charge in [0.15, 0.2) is 0 Å². The summed E-state index contributed by atoms with van der Waals surface area (Å²) in [4.78, 5) is 0. The summed E-state index contributed by atoms with van der Waals surface area (Å²) in [5.41, 5.74) is 7.72. The van der Waals surface area contributed by atoms with Crippen LogP contribution in [0, 0.1) is 17.8 Å². The van der Waals surface area contributed by atoms with E-state index in [-0.39, 0.29) is 6.04 Å². The van der Waals surface area contributed by atoms with E-state index in [0.717, 1.165) is 16.9 Å². The van der Waals surface area contributed by atoms with Crippen molar-refractivity contribution in [3.05, 3.63) is 34.9 Å². The average Bonchev–Trinajstić information content (AvgIpc) is 2.46. The summed E-state index contributed by atoms with van der Waals surface area (Å²) >= 11 is 6.08. The summed E-state index contributed by atoms with van der Waals surface area (Å²) in [7, 11) is 0. The Bertz CT molecular complexity index is 431. The molecule has 3 rings (SSSR count). The fourth-order valence-corrected chi connectivity index (χ4v) is 4.42. The lowest BCUT2D eigenvalue weighted by Crippen LogP contribution is -2.33. The predicted octanol–water partition coefficient (Wildman–Crippen LogP) is 4.95. The minimum atomic E-state index is 0.168. The van der Waals surface area contributed by atoms with Crippen molar-refractivity contribution in [1.82, 2.24) is 0 Å². The minimum absolute atomic E-state index is 0.168. The molecule has 1 aromatic carbocycles. The van der Waals surface area contributed by atoms with Crippen LogP contribution < -0.4 is 5.73 Å². The van der Waals surface area contributed by atoms with Crippen molar-refractivity contribution in [2.24, 2.45) is 23.5 Å². The van der Waals surface area contributed by atoms with Gasteiger partial charge >= 0.3 is 0 Å². The maximum absolute atomic E-state index is 6.50. The minimum Gasteiger partial charge on any atom is -0.324 e. The van der Waals surface area contributed by atoms with Crippen LogP contribution in [0.25, 0.3) is 0 Å². The van der Waals surface area contributed by atoms with E-state index in [1.807, 2.05) is 18.2 Å². The molecule has 0 spiro atoms. The van der Waals surface area contributed by atoms with Gasteiger partial charge in [-0.25, -0.2) is 0 Å². The molecule has 2 heteroatoms. The number of hydrogen-bond donors (Lipinski definition) is 1. The molecule has 0 radical (unpaired) electrons. The molecule has 0 heterocycles. The Morgan fingerprint density at radius 1 is 1.05 bits per heavy atom. The summed E-state index contributed by atoms with van der Waals surface area (Å²) in [5.74, 6) is 2.59. The first-order valence-corrected chi connectivity index (χ1v) is 8.13. The van der Waals surface area contributed by atoms with Crippen molar-refractivity contribution in [3.8, 4) is 0 Å². The Labute approximate surface area is 121 Å². The zero-order valence-electron chi connectivity index (χ0n) is 11.5. The first-order valence-electron chi connectivity index (χ1n) is 7.75. The normalized spacial score (nSPS) is 32.6. The maximum Gasteiger partial charge on any atom is 0.0409 e. The fourth-order valence-electron chi connectivity index (χ4n) is 4.22. The van der Waals surface area contributed by atoms with E-state index < -0.39 is 0 Å². The lowest BCUT2D eigenvalue weighted by Gasteiger charge is -2.41. The number of rotatable bonds is 2. The Balaban J connectivity index is 1.69. The van der Waals surface area contributed by atoms with Crippen molar-refractivity contribution < 1.29 is 0 Å². The molecule has 2 aliphatic rings. The topological polar surface area (TPSA) is 26.0 Å². The fraction of sp³-hybridized carbons (Fsp3) is 0.647. The molecule has 2 saturated carbocycles. The van der Waals surface area contributed by atoms with E-state index >= 15 is 0 Å². The van der Waals surface area contributed by atoms with Crippen molar-refractivity contribution >= 4 is 11.6 Å². The van der Waals surface area contributed by atoms with E-state index in [9.17, 15) is 0 Å². The molecule has 2 N–H and O–H groups in total. The highest BCUT2D eigenvalue weighted by atomic mass is 35.5. The second-order valence-electron chi connectivity index (χ2n) is 6.46. The first kappa shape index (κ1) is 13.5. The van der Waals surface area contributed by atoms with Gasteiger partial charge in [-0.2, -0.15) is 0 Å². The number of halogens is 1. The highest BCUT2D eigenvalue weighted by Crippen LogP contribution is 2.45. The first-order chi connectivity index (χ1) is 9.24. The molecular weight excluding hydrogens is 254 g/mol. The molecule has 0 aliphatic heterocycles. The quantitative estimate of drug-likeness (QED) is 0.813. The highest BCUT2D eigenvalue weighted by molar-refractivity contribution is 6.30. The zero-order chi connectivity index (χ0) is 13.2. The standard InChI is InChI=1S/C17H24ClN/c18-16-7-3-6-14(11-16)17(19)15-9-8-12-4-1-2-5-13(12)10-15/h3,6-7,11-13,15,17H,1-2,4-5,8-10,19H2. The van der Waals surface area contributed by atoms with E-state index in [1.54, 1.807) is 0 Å². The third-order valence-corrected chi connectivity index (χ3v) is 5.56. The van der Waals surface area contributed by atoms with Crippen molar-refractivity contribution in [3.63, 3.8) is 0 Å². The van der Waals surface area contributed by atoms with Gasteiger partial charge in [0, 0.05) is 11.1 Å². The van der Waals surface area contributed by atoms with Crippen LogP contribution in [0.2, 0.25) is 5.02 Å². The molecule has 0 aromatic heterocycles. The Morgan fingerprint density at radius 2 is 1.84 bits per heavy atom. The third-order valence-electron chi connectivity index (χ3n) is 5.32. The van der Waals surface area contributed by atoms with Gasteiger partial charge in [0.05, 0.1) is 0 Å². The summed E-state index contributed by atoms with van der Waals surface area (Å²) in [6.45, 7) is 0. The van der Waals surface area contributed by atoms with Crippen LogP contribution in [0.5, 0.6) is 0 Å². The second-order valence-corrected chi connectivity index (χ2v) is 6.89. The molecule has 19 heavy (non-hydrogen) atoms. The maximum atomic E-state index is 6.50. The van der Waals surface area contributed by atoms with Crippen molar-refractivity contribution in [2.75, 3.05) is 0 Å². The summed E-state index contributed by atoms with van der Waals surface area (Å²) in [6.07, 6.45) is 9.80. The number of hydrogen-bond acceptors (Lipinski definition) is 1. The van der Waals surface area contributed by atoms with Gasteiger partial charge in [-0.1, -0.05) is 49.4 Å². The molecule has 2 aliphatic carbocycles. The van der Waals surface area contributed by atoms with Crippen LogP contribution in [0.1, 0.15) is 56.6 Å². The van der Waals surface area contributed by atoms with Gasteiger partial charge in [-0.15, -0.1) is 0 Å². The largest absolute Gasteiger partial charge is 0.324 e. The number of fused-ring (bicyclic) bond motifs is 1. The molecule has 4 atom stereocenters. The summed E-state index contributed by atoms with van der Waals surface area (Å²) in [5, 5.41) is 0.805. The van der Waals surface area contributed by atoms with E-state index in [1.165, 1.54) is 50.5 Å². The Kier molecular flexibility index (Phi) is 4.14. The van der Waals surface area contributed by atoms with Crippen LogP contribution in [0.15, 0.2) is 24.3 Å². The molecule has 1 aromatic rings. The van der Waals surface area contributed by atoms with Gasteiger partial charge in [-0.3, -0.25) is 0 Å². The Morgan fingerprint density at radius 3 is 2.63 bits per heavy atom. The smallest absolute Gasteiger partial charge is 0.0409 e. The highest BCUT2D eigenvalue weighted by Gasteiger charge is 2.34. The van der Waals surface area contributed by atoms with Gasteiger partial charge in [0.25, 0.3) is 0 Å². The van der Waals surface area contributed by atoms with Gasteiger partial charge in [0.2, 0.25) is 0 Å². The van der Waals surface area contributed by atoms with E-state index in [4.69, 9.17) is 17.3 Å². The second kappa shape index (κ2) is 5.85. The lowest BCUT2D eigenvalue weighted by atomic mass is 9.65. The average molecular weight is 278 g/mol. The monoisotopic (exact) mass is 277 g/mol. The van der Waals surface area contributed by atoms with Gasteiger partial charge in [0.1, 0.15) is 0 Å². The Hall–Kier alpha value is -0.530. The zero-order valence-corrected chi connectivity index (χ0v) is 12.3. The van der Waals surface area contributed by atoms with Gasteiger partial charge in [-0.05, 0) is 54.7 Å².